The van der Waals surface area contributed by atoms with Crippen LogP contribution in [0.2, 0.25) is 0 Å². The highest BCUT2D eigenvalue weighted by atomic mass is 16.7. The maximum atomic E-state index is 9.73. The molecular weight excluding hydrogens is 118 g/mol. The second kappa shape index (κ2) is 3.45. The first-order valence-corrected chi connectivity index (χ1v) is 3.28. The molecule has 0 bridgehead atoms. The minimum absolute atomic E-state index is 0.273. The molecule has 0 radical (unpaired) electrons. The van der Waals surface area contributed by atoms with E-state index in [0.29, 0.717) is 6.41 Å². The highest BCUT2D eigenvalue weighted by Gasteiger charge is 2.14. The summed E-state index contributed by atoms with van der Waals surface area (Å²) in [6, 6.07) is 0. The van der Waals surface area contributed by atoms with Crippen LogP contribution >= 0.6 is 0 Å². The van der Waals surface area contributed by atoms with E-state index in [0.717, 1.165) is 12.8 Å². The fraction of sp³-hybridized carbons (Fsp3) is 0.833. The molecule has 52 valence electrons. The Kier molecular flexibility index (Phi) is 2.51. The van der Waals surface area contributed by atoms with Crippen LogP contribution in [0.3, 0.4) is 0 Å². The van der Waals surface area contributed by atoms with E-state index in [1.807, 2.05) is 0 Å². The van der Waals surface area contributed by atoms with Crippen molar-refractivity contribution in [3.05, 3.63) is 0 Å². The van der Waals surface area contributed by atoms with E-state index < -0.39 is 0 Å². The third-order valence-corrected chi connectivity index (χ3v) is 1.59. The average molecular weight is 129 g/mol. The molecular formula is C6H11NO2. The Labute approximate surface area is 54.3 Å². The van der Waals surface area contributed by atoms with E-state index in [4.69, 9.17) is 4.84 Å². The maximum Gasteiger partial charge on any atom is 0.230 e. The van der Waals surface area contributed by atoms with Gasteiger partial charge in [-0.15, -0.1) is 0 Å². The van der Waals surface area contributed by atoms with Crippen molar-refractivity contribution in [1.29, 1.82) is 0 Å². The van der Waals surface area contributed by atoms with Crippen molar-refractivity contribution in [3.63, 3.8) is 0 Å². The van der Waals surface area contributed by atoms with Gasteiger partial charge in [0, 0.05) is 0 Å². The summed E-state index contributed by atoms with van der Waals surface area (Å²) in [5.74, 6) is 0. The number of hydroxylamine groups is 1. The molecule has 0 aliphatic heterocycles. The van der Waals surface area contributed by atoms with Crippen LogP contribution in [0.4, 0.5) is 0 Å². The van der Waals surface area contributed by atoms with Gasteiger partial charge in [-0.1, -0.05) is 12.8 Å². The van der Waals surface area contributed by atoms with Gasteiger partial charge in [0.15, 0.2) is 0 Å². The summed E-state index contributed by atoms with van der Waals surface area (Å²) in [5, 5.41) is 0. The molecule has 0 aromatic carbocycles. The molecule has 1 rings (SSSR count). The Morgan fingerprint density at radius 2 is 2.11 bits per heavy atom. The Bertz CT molecular complexity index is 89.1. The Balaban J connectivity index is 2.04. The van der Waals surface area contributed by atoms with Gasteiger partial charge in [0.05, 0.1) is 6.10 Å². The SMILES string of the molecule is O=CNOC1CCCC1. The molecule has 0 heterocycles. The molecule has 1 N–H and O–H groups in total. The van der Waals surface area contributed by atoms with Crippen molar-refractivity contribution in [2.24, 2.45) is 0 Å². The second-order valence-corrected chi connectivity index (χ2v) is 2.26. The fourth-order valence-electron chi connectivity index (χ4n) is 1.13. The lowest BCUT2D eigenvalue weighted by Crippen LogP contribution is -2.19. The van der Waals surface area contributed by atoms with Crippen LogP contribution in [0.5, 0.6) is 0 Å². The summed E-state index contributed by atoms with van der Waals surface area (Å²) in [4.78, 5) is 14.7. The van der Waals surface area contributed by atoms with Crippen molar-refractivity contribution in [1.82, 2.24) is 5.48 Å². The zero-order valence-corrected chi connectivity index (χ0v) is 5.30. The first-order valence-electron chi connectivity index (χ1n) is 3.28. The summed E-state index contributed by atoms with van der Waals surface area (Å²) < 4.78 is 0. The lowest BCUT2D eigenvalue weighted by Gasteiger charge is -2.06. The zero-order chi connectivity index (χ0) is 6.53. The van der Waals surface area contributed by atoms with Gasteiger partial charge < -0.3 is 0 Å². The van der Waals surface area contributed by atoms with Gasteiger partial charge >= 0.3 is 0 Å². The molecule has 1 saturated carbocycles. The highest BCUT2D eigenvalue weighted by Crippen LogP contribution is 2.19. The van der Waals surface area contributed by atoms with Gasteiger partial charge in [0.1, 0.15) is 0 Å². The van der Waals surface area contributed by atoms with Crippen molar-refractivity contribution >= 4 is 6.41 Å². The first-order chi connectivity index (χ1) is 4.43. The molecule has 3 heteroatoms. The summed E-state index contributed by atoms with van der Waals surface area (Å²) in [6.07, 6.45) is 5.46. The summed E-state index contributed by atoms with van der Waals surface area (Å²) in [7, 11) is 0. The molecule has 9 heavy (non-hydrogen) atoms. The maximum absolute atomic E-state index is 9.73. The third-order valence-electron chi connectivity index (χ3n) is 1.59. The Morgan fingerprint density at radius 1 is 1.44 bits per heavy atom. The van der Waals surface area contributed by atoms with Crippen molar-refractivity contribution < 1.29 is 9.63 Å². The van der Waals surface area contributed by atoms with E-state index >= 15 is 0 Å². The molecule has 1 amide bonds. The van der Waals surface area contributed by atoms with Gasteiger partial charge in [-0.25, -0.2) is 5.48 Å². The number of hydrogen-bond donors (Lipinski definition) is 1. The molecule has 0 unspecified atom stereocenters. The van der Waals surface area contributed by atoms with E-state index in [2.05, 4.69) is 5.48 Å². The van der Waals surface area contributed by atoms with Crippen LogP contribution in [-0.4, -0.2) is 12.5 Å². The number of rotatable bonds is 3. The Morgan fingerprint density at radius 3 is 2.67 bits per heavy atom. The van der Waals surface area contributed by atoms with Crippen LogP contribution in [0.1, 0.15) is 25.7 Å². The van der Waals surface area contributed by atoms with Gasteiger partial charge in [-0.3, -0.25) is 9.63 Å². The summed E-state index contributed by atoms with van der Waals surface area (Å²) >= 11 is 0. The third kappa shape index (κ3) is 2.01. The van der Waals surface area contributed by atoms with Crippen molar-refractivity contribution in [2.45, 2.75) is 31.8 Å². The zero-order valence-electron chi connectivity index (χ0n) is 5.30. The number of hydrogen-bond acceptors (Lipinski definition) is 2. The van der Waals surface area contributed by atoms with E-state index in [1.54, 1.807) is 0 Å². The van der Waals surface area contributed by atoms with E-state index in [9.17, 15) is 4.79 Å². The van der Waals surface area contributed by atoms with Gasteiger partial charge in [0.25, 0.3) is 0 Å². The smallest absolute Gasteiger partial charge is 0.230 e. The topological polar surface area (TPSA) is 38.3 Å². The lowest BCUT2D eigenvalue weighted by atomic mass is 10.3. The molecule has 0 aromatic heterocycles. The van der Waals surface area contributed by atoms with Crippen molar-refractivity contribution in [3.8, 4) is 0 Å². The standard InChI is InChI=1S/C6H11NO2/c8-5-7-9-6-3-1-2-4-6/h5-6H,1-4H2,(H,7,8). The molecule has 3 nitrogen and oxygen atoms in total. The first kappa shape index (κ1) is 6.55. The van der Waals surface area contributed by atoms with Crippen LogP contribution < -0.4 is 5.48 Å². The average Bonchev–Trinajstić information content (AvgIpc) is 2.34. The second-order valence-electron chi connectivity index (χ2n) is 2.26. The Hall–Kier alpha value is -0.570. The molecule has 0 aromatic rings. The number of amides is 1. The van der Waals surface area contributed by atoms with Crippen LogP contribution in [0.15, 0.2) is 0 Å². The van der Waals surface area contributed by atoms with Crippen molar-refractivity contribution in [2.75, 3.05) is 0 Å². The number of carbonyl (C=O) groups excluding carboxylic acids is 1. The number of nitrogens with one attached hydrogen (secondary N) is 1. The summed E-state index contributed by atoms with van der Waals surface area (Å²) in [5.41, 5.74) is 2.21. The summed E-state index contributed by atoms with van der Waals surface area (Å²) in [6.45, 7) is 0. The molecule has 0 spiro atoms. The minimum Gasteiger partial charge on any atom is -0.277 e. The quantitative estimate of drug-likeness (QED) is 0.447. The molecule has 0 atom stereocenters. The van der Waals surface area contributed by atoms with E-state index in [1.165, 1.54) is 12.8 Å². The predicted molar refractivity (Wildman–Crippen MR) is 32.5 cm³/mol. The lowest BCUT2D eigenvalue weighted by molar-refractivity contribution is -0.125. The van der Waals surface area contributed by atoms with Gasteiger partial charge in [-0.2, -0.15) is 0 Å². The highest BCUT2D eigenvalue weighted by molar-refractivity contribution is 5.43. The van der Waals surface area contributed by atoms with Crippen LogP contribution in [0.25, 0.3) is 0 Å². The van der Waals surface area contributed by atoms with Gasteiger partial charge in [-0.05, 0) is 12.8 Å². The molecule has 0 saturated heterocycles. The van der Waals surface area contributed by atoms with E-state index in [-0.39, 0.29) is 6.10 Å². The van der Waals surface area contributed by atoms with Gasteiger partial charge in [0.2, 0.25) is 6.41 Å². The normalized spacial score (nSPS) is 20.0. The minimum atomic E-state index is 0.273. The van der Waals surface area contributed by atoms with Crippen LogP contribution in [0, 0.1) is 0 Å². The predicted octanol–water partition coefficient (Wildman–Crippen LogP) is 0.607. The largest absolute Gasteiger partial charge is 0.277 e. The fourth-order valence-corrected chi connectivity index (χ4v) is 1.13. The number of carbonyl (C=O) groups is 1. The molecule has 1 fully saturated rings. The molecule has 1 aliphatic rings. The van der Waals surface area contributed by atoms with Crippen LogP contribution in [-0.2, 0) is 9.63 Å². The molecule has 1 aliphatic carbocycles. The monoisotopic (exact) mass is 129 g/mol.